The Morgan fingerprint density at radius 1 is 1.40 bits per heavy atom. The average Bonchev–Trinajstić information content (AvgIpc) is 2.84. The second-order valence-corrected chi connectivity index (χ2v) is 6.51. The van der Waals surface area contributed by atoms with Crippen molar-refractivity contribution >= 4 is 5.69 Å². The Morgan fingerprint density at radius 2 is 2.15 bits per heavy atom. The number of hydrogen-bond acceptors (Lipinski definition) is 3. The van der Waals surface area contributed by atoms with Crippen LogP contribution in [0.4, 0.5) is 10.1 Å². The Morgan fingerprint density at radius 3 is 2.80 bits per heavy atom. The summed E-state index contributed by atoms with van der Waals surface area (Å²) in [4.78, 5) is 2.14. The Kier molecular flexibility index (Phi) is 4.66. The van der Waals surface area contributed by atoms with Crippen LogP contribution >= 0.6 is 0 Å². The smallest absolute Gasteiger partial charge is 0.129 e. The van der Waals surface area contributed by atoms with Gasteiger partial charge in [-0.05, 0) is 45.7 Å². The van der Waals surface area contributed by atoms with Crippen LogP contribution in [0.25, 0.3) is 0 Å². The maximum Gasteiger partial charge on any atom is 0.129 e. The minimum Gasteiger partial charge on any atom is -0.394 e. The molecule has 1 aromatic carbocycles. The van der Waals surface area contributed by atoms with E-state index >= 15 is 0 Å². The summed E-state index contributed by atoms with van der Waals surface area (Å²) in [6.45, 7) is 7.72. The van der Waals surface area contributed by atoms with E-state index < -0.39 is 0 Å². The molecule has 1 fully saturated rings. The van der Waals surface area contributed by atoms with E-state index in [4.69, 9.17) is 0 Å². The maximum atomic E-state index is 14.2. The van der Waals surface area contributed by atoms with Crippen molar-refractivity contribution < 1.29 is 9.50 Å². The summed E-state index contributed by atoms with van der Waals surface area (Å²) in [6, 6.07) is 5.33. The van der Waals surface area contributed by atoms with Crippen molar-refractivity contribution in [2.45, 2.75) is 51.7 Å². The van der Waals surface area contributed by atoms with Gasteiger partial charge in [0.05, 0.1) is 12.6 Å². The number of rotatable bonds is 4. The number of nitrogens with zero attached hydrogens (tertiary/aromatic N) is 1. The first-order valence-corrected chi connectivity index (χ1v) is 7.32. The third kappa shape index (κ3) is 3.49. The van der Waals surface area contributed by atoms with Crippen LogP contribution in [0.15, 0.2) is 18.2 Å². The highest BCUT2D eigenvalue weighted by atomic mass is 19.1. The molecule has 1 heterocycles. The quantitative estimate of drug-likeness (QED) is 0.890. The van der Waals surface area contributed by atoms with Crippen molar-refractivity contribution in [3.63, 3.8) is 0 Å². The van der Waals surface area contributed by atoms with Crippen LogP contribution in [0, 0.1) is 5.82 Å². The largest absolute Gasteiger partial charge is 0.394 e. The highest BCUT2D eigenvalue weighted by Crippen LogP contribution is 2.30. The van der Waals surface area contributed by atoms with Crippen LogP contribution < -0.4 is 10.2 Å². The summed E-state index contributed by atoms with van der Waals surface area (Å²) in [7, 11) is 0. The maximum absolute atomic E-state index is 14.2. The van der Waals surface area contributed by atoms with Gasteiger partial charge in [0.2, 0.25) is 0 Å². The van der Waals surface area contributed by atoms with Gasteiger partial charge in [0.25, 0.3) is 0 Å². The minimum atomic E-state index is -0.178. The van der Waals surface area contributed by atoms with E-state index in [0.29, 0.717) is 12.1 Å². The number of aliphatic hydroxyl groups excluding tert-OH is 1. The lowest BCUT2D eigenvalue weighted by Gasteiger charge is -2.29. The second kappa shape index (κ2) is 6.10. The van der Waals surface area contributed by atoms with Gasteiger partial charge < -0.3 is 15.3 Å². The Bertz CT molecular complexity index is 456. The molecule has 0 amide bonds. The van der Waals surface area contributed by atoms with E-state index in [1.807, 2.05) is 6.07 Å². The topological polar surface area (TPSA) is 35.5 Å². The zero-order valence-corrected chi connectivity index (χ0v) is 12.6. The molecule has 0 saturated carbocycles. The molecule has 4 heteroatoms. The third-order valence-electron chi connectivity index (χ3n) is 3.79. The van der Waals surface area contributed by atoms with Gasteiger partial charge in [0.1, 0.15) is 5.82 Å². The van der Waals surface area contributed by atoms with Crippen molar-refractivity contribution in [3.05, 3.63) is 29.6 Å². The lowest BCUT2D eigenvalue weighted by Crippen LogP contribution is -2.37. The van der Waals surface area contributed by atoms with Crippen molar-refractivity contribution in [2.75, 3.05) is 18.1 Å². The lowest BCUT2D eigenvalue weighted by molar-refractivity contribution is 0.266. The van der Waals surface area contributed by atoms with Gasteiger partial charge in [-0.1, -0.05) is 6.07 Å². The van der Waals surface area contributed by atoms with Crippen molar-refractivity contribution in [1.82, 2.24) is 5.32 Å². The van der Waals surface area contributed by atoms with Gasteiger partial charge in [0.15, 0.2) is 0 Å². The number of nitrogens with one attached hydrogen (secondary N) is 1. The minimum absolute atomic E-state index is 0.0546. The number of anilines is 1. The van der Waals surface area contributed by atoms with Crippen molar-refractivity contribution in [1.29, 1.82) is 0 Å². The number of hydrogen-bond donors (Lipinski definition) is 2. The van der Waals surface area contributed by atoms with Gasteiger partial charge in [-0.15, -0.1) is 0 Å². The molecule has 20 heavy (non-hydrogen) atoms. The van der Waals surface area contributed by atoms with Crippen LogP contribution in [0.2, 0.25) is 0 Å². The Hall–Kier alpha value is -1.13. The van der Waals surface area contributed by atoms with Gasteiger partial charge in [-0.2, -0.15) is 0 Å². The first-order valence-electron chi connectivity index (χ1n) is 7.32. The molecular formula is C16H25FN2O. The molecular weight excluding hydrogens is 255 g/mol. The summed E-state index contributed by atoms with van der Waals surface area (Å²) in [5, 5.41) is 12.8. The zero-order chi connectivity index (χ0) is 14.8. The standard InChI is InChI=1S/C16H25FN2O/c1-16(2,3)18-10-13-14(17)7-4-8-15(13)19-9-5-6-12(19)11-20/h4,7-8,12,18,20H,5-6,9-11H2,1-3H3. The van der Waals surface area contributed by atoms with Gasteiger partial charge >= 0.3 is 0 Å². The normalized spacial score (nSPS) is 19.6. The predicted octanol–water partition coefficient (Wildman–Crippen LogP) is 2.67. The zero-order valence-electron chi connectivity index (χ0n) is 12.6. The lowest BCUT2D eigenvalue weighted by atomic mass is 10.1. The van der Waals surface area contributed by atoms with E-state index in [0.717, 1.165) is 25.1 Å². The number of halogens is 1. The molecule has 1 aliphatic rings. The Labute approximate surface area is 120 Å². The van der Waals surface area contributed by atoms with Crippen molar-refractivity contribution in [3.8, 4) is 0 Å². The highest BCUT2D eigenvalue weighted by molar-refractivity contribution is 5.56. The van der Waals surface area contributed by atoms with Crippen LogP contribution in [0.5, 0.6) is 0 Å². The van der Waals surface area contributed by atoms with Crippen LogP contribution in [0.3, 0.4) is 0 Å². The summed E-state index contributed by atoms with van der Waals surface area (Å²) < 4.78 is 14.2. The monoisotopic (exact) mass is 280 g/mol. The molecule has 1 atom stereocenters. The van der Waals surface area contributed by atoms with Gasteiger partial charge in [-0.25, -0.2) is 4.39 Å². The van der Waals surface area contributed by atoms with Crippen molar-refractivity contribution in [2.24, 2.45) is 0 Å². The van der Waals surface area contributed by atoms with E-state index in [9.17, 15) is 9.50 Å². The number of benzene rings is 1. The molecule has 0 aromatic heterocycles. The average molecular weight is 280 g/mol. The first-order chi connectivity index (χ1) is 9.42. The van der Waals surface area contributed by atoms with Gasteiger partial charge in [-0.3, -0.25) is 0 Å². The van der Waals surface area contributed by atoms with E-state index in [1.165, 1.54) is 6.07 Å². The van der Waals surface area contributed by atoms with E-state index in [2.05, 4.69) is 31.0 Å². The molecule has 0 spiro atoms. The van der Waals surface area contributed by atoms with E-state index in [-0.39, 0.29) is 24.0 Å². The SMILES string of the molecule is CC(C)(C)NCc1c(F)cccc1N1CCCC1CO. The summed E-state index contributed by atoms with van der Waals surface area (Å²) in [5.74, 6) is -0.178. The van der Waals surface area contributed by atoms with E-state index in [1.54, 1.807) is 6.07 Å². The number of aliphatic hydroxyl groups is 1. The molecule has 3 nitrogen and oxygen atoms in total. The van der Waals surface area contributed by atoms with Crippen LogP contribution in [0.1, 0.15) is 39.2 Å². The highest BCUT2D eigenvalue weighted by Gasteiger charge is 2.26. The molecule has 1 unspecified atom stereocenters. The fourth-order valence-corrected chi connectivity index (χ4v) is 2.69. The molecule has 1 saturated heterocycles. The van der Waals surface area contributed by atoms with Gasteiger partial charge in [0, 0.05) is 29.9 Å². The summed E-state index contributed by atoms with van der Waals surface area (Å²) in [6.07, 6.45) is 2.02. The molecule has 0 aliphatic carbocycles. The second-order valence-electron chi connectivity index (χ2n) is 6.51. The first kappa shape index (κ1) is 15.3. The molecule has 2 rings (SSSR count). The third-order valence-corrected chi connectivity index (χ3v) is 3.79. The van der Waals surface area contributed by atoms with Crippen LogP contribution in [-0.4, -0.2) is 29.8 Å². The summed E-state index contributed by atoms with van der Waals surface area (Å²) >= 11 is 0. The Balaban J connectivity index is 2.26. The molecule has 0 bridgehead atoms. The molecule has 1 aromatic rings. The van der Waals surface area contributed by atoms with Crippen LogP contribution in [-0.2, 0) is 6.54 Å². The molecule has 112 valence electrons. The summed E-state index contributed by atoms with van der Waals surface area (Å²) in [5.41, 5.74) is 1.56. The molecule has 2 N–H and O–H groups in total. The fourth-order valence-electron chi connectivity index (χ4n) is 2.69. The fraction of sp³-hybridized carbons (Fsp3) is 0.625. The molecule has 1 aliphatic heterocycles. The predicted molar refractivity (Wildman–Crippen MR) is 80.4 cm³/mol. The molecule has 0 radical (unpaired) electrons.